The van der Waals surface area contributed by atoms with Crippen molar-refractivity contribution in [3.63, 3.8) is 0 Å². The molecule has 0 aliphatic carbocycles. The van der Waals surface area contributed by atoms with Gasteiger partial charge in [0.25, 0.3) is 0 Å². The van der Waals surface area contributed by atoms with Crippen molar-refractivity contribution in [3.8, 4) is 0 Å². The zero-order valence-corrected chi connectivity index (χ0v) is 11.4. The number of hydrogen-bond acceptors (Lipinski definition) is 4. The normalized spacial score (nSPS) is 10.9. The van der Waals surface area contributed by atoms with Gasteiger partial charge in [0.1, 0.15) is 12.2 Å². The van der Waals surface area contributed by atoms with Gasteiger partial charge < -0.3 is 10.6 Å². The molecule has 1 aromatic heterocycles. The first-order valence-corrected chi connectivity index (χ1v) is 6.47. The van der Waals surface area contributed by atoms with Crippen molar-refractivity contribution in [1.29, 1.82) is 0 Å². The summed E-state index contributed by atoms with van der Waals surface area (Å²) >= 11 is 0. The van der Waals surface area contributed by atoms with Crippen LogP contribution in [-0.2, 0) is 17.9 Å². The fourth-order valence-corrected chi connectivity index (χ4v) is 1.54. The Balaban J connectivity index is 2.30. The van der Waals surface area contributed by atoms with Gasteiger partial charge in [0.15, 0.2) is 0 Å². The first-order valence-electron chi connectivity index (χ1n) is 6.47. The first-order chi connectivity index (χ1) is 8.63. The van der Waals surface area contributed by atoms with Gasteiger partial charge in [-0.25, -0.2) is 9.67 Å². The number of amides is 1. The van der Waals surface area contributed by atoms with Gasteiger partial charge in [-0.3, -0.25) is 4.79 Å². The van der Waals surface area contributed by atoms with E-state index in [1.165, 1.54) is 0 Å². The lowest BCUT2D eigenvalue weighted by atomic mass is 10.2. The van der Waals surface area contributed by atoms with E-state index in [9.17, 15) is 4.79 Å². The molecule has 0 saturated carbocycles. The van der Waals surface area contributed by atoms with Gasteiger partial charge >= 0.3 is 0 Å². The minimum Gasteiger partial charge on any atom is -0.355 e. The fraction of sp³-hybridized carbons (Fsp3) is 0.750. The van der Waals surface area contributed by atoms with Crippen molar-refractivity contribution in [2.75, 3.05) is 13.1 Å². The number of carbonyl (C=O) groups is 1. The standard InChI is InChI=1S/C12H23N5O/c1-4-5-14-12(18)7-13-6-11-15-9-16-17(11)8-10(2)3/h9-10,13H,4-8H2,1-3H3,(H,14,18). The van der Waals surface area contributed by atoms with Crippen LogP contribution >= 0.6 is 0 Å². The maximum Gasteiger partial charge on any atom is 0.233 e. The summed E-state index contributed by atoms with van der Waals surface area (Å²) in [5.41, 5.74) is 0. The van der Waals surface area contributed by atoms with E-state index in [2.05, 4.69) is 34.6 Å². The Kier molecular flexibility index (Phi) is 6.35. The van der Waals surface area contributed by atoms with Crippen molar-refractivity contribution in [3.05, 3.63) is 12.2 Å². The van der Waals surface area contributed by atoms with Gasteiger partial charge in [-0.1, -0.05) is 20.8 Å². The average molecular weight is 253 g/mol. The molecule has 6 nitrogen and oxygen atoms in total. The molecule has 0 spiro atoms. The molecular formula is C12H23N5O. The second kappa shape index (κ2) is 7.81. The molecule has 102 valence electrons. The maximum atomic E-state index is 11.4. The molecule has 0 bridgehead atoms. The minimum absolute atomic E-state index is 0.0202. The summed E-state index contributed by atoms with van der Waals surface area (Å²) in [6, 6.07) is 0. The van der Waals surface area contributed by atoms with Crippen molar-refractivity contribution in [2.24, 2.45) is 5.92 Å². The summed E-state index contributed by atoms with van der Waals surface area (Å²) in [6.07, 6.45) is 2.50. The summed E-state index contributed by atoms with van der Waals surface area (Å²) in [7, 11) is 0. The quantitative estimate of drug-likeness (QED) is 0.709. The zero-order chi connectivity index (χ0) is 13.4. The third-order valence-electron chi connectivity index (χ3n) is 2.37. The van der Waals surface area contributed by atoms with Crippen molar-refractivity contribution in [1.82, 2.24) is 25.4 Å². The molecule has 1 heterocycles. The Hall–Kier alpha value is -1.43. The fourth-order valence-electron chi connectivity index (χ4n) is 1.54. The molecule has 1 rings (SSSR count). The summed E-state index contributed by atoms with van der Waals surface area (Å²) < 4.78 is 1.88. The highest BCUT2D eigenvalue weighted by atomic mass is 16.1. The van der Waals surface area contributed by atoms with Crippen LogP contribution in [-0.4, -0.2) is 33.8 Å². The van der Waals surface area contributed by atoms with E-state index >= 15 is 0 Å². The highest BCUT2D eigenvalue weighted by Crippen LogP contribution is 2.00. The van der Waals surface area contributed by atoms with Crippen LogP contribution in [0.1, 0.15) is 33.0 Å². The highest BCUT2D eigenvalue weighted by molar-refractivity contribution is 5.77. The predicted octanol–water partition coefficient (Wildman–Crippen LogP) is 0.550. The number of carbonyl (C=O) groups excluding carboxylic acids is 1. The Bertz CT molecular complexity index is 361. The third-order valence-corrected chi connectivity index (χ3v) is 2.37. The molecule has 6 heteroatoms. The molecule has 1 amide bonds. The van der Waals surface area contributed by atoms with Crippen LogP contribution in [0.4, 0.5) is 0 Å². The highest BCUT2D eigenvalue weighted by Gasteiger charge is 2.06. The number of hydrogen-bond donors (Lipinski definition) is 2. The Morgan fingerprint density at radius 2 is 2.28 bits per heavy atom. The van der Waals surface area contributed by atoms with Gasteiger partial charge in [-0.2, -0.15) is 5.10 Å². The van der Waals surface area contributed by atoms with E-state index in [4.69, 9.17) is 0 Å². The molecule has 0 aliphatic heterocycles. The van der Waals surface area contributed by atoms with E-state index in [0.29, 0.717) is 19.0 Å². The summed E-state index contributed by atoms with van der Waals surface area (Å²) in [6.45, 7) is 8.75. The maximum absolute atomic E-state index is 11.4. The molecule has 0 radical (unpaired) electrons. The Labute approximate surface area is 108 Å². The van der Waals surface area contributed by atoms with Crippen LogP contribution in [0.25, 0.3) is 0 Å². The van der Waals surface area contributed by atoms with Crippen LogP contribution < -0.4 is 10.6 Å². The lowest BCUT2D eigenvalue weighted by molar-refractivity contribution is -0.120. The molecule has 0 aromatic carbocycles. The predicted molar refractivity (Wildman–Crippen MR) is 69.9 cm³/mol. The molecular weight excluding hydrogens is 230 g/mol. The monoisotopic (exact) mass is 253 g/mol. The van der Waals surface area contributed by atoms with Crippen LogP contribution in [0.3, 0.4) is 0 Å². The average Bonchev–Trinajstić information content (AvgIpc) is 2.73. The van der Waals surface area contributed by atoms with E-state index in [1.807, 2.05) is 11.6 Å². The molecule has 18 heavy (non-hydrogen) atoms. The number of nitrogens with zero attached hydrogens (tertiary/aromatic N) is 3. The molecule has 0 fully saturated rings. The molecule has 0 saturated heterocycles. The molecule has 0 aliphatic rings. The summed E-state index contributed by atoms with van der Waals surface area (Å²) in [5, 5.41) is 10.1. The second-order valence-electron chi connectivity index (χ2n) is 4.71. The van der Waals surface area contributed by atoms with Gasteiger partial charge in [-0.05, 0) is 12.3 Å². The second-order valence-corrected chi connectivity index (χ2v) is 4.71. The Morgan fingerprint density at radius 3 is 2.94 bits per heavy atom. The van der Waals surface area contributed by atoms with Crippen molar-refractivity contribution in [2.45, 2.75) is 40.3 Å². The van der Waals surface area contributed by atoms with Gasteiger partial charge in [-0.15, -0.1) is 0 Å². The van der Waals surface area contributed by atoms with Gasteiger partial charge in [0.2, 0.25) is 5.91 Å². The summed E-state index contributed by atoms with van der Waals surface area (Å²) in [4.78, 5) is 15.6. The first kappa shape index (κ1) is 14.6. The van der Waals surface area contributed by atoms with Gasteiger partial charge in [0.05, 0.1) is 13.1 Å². The molecule has 2 N–H and O–H groups in total. The SMILES string of the molecule is CCCNC(=O)CNCc1ncnn1CC(C)C. The van der Waals surface area contributed by atoms with Crippen molar-refractivity contribution >= 4 is 5.91 Å². The van der Waals surface area contributed by atoms with Crippen molar-refractivity contribution < 1.29 is 4.79 Å². The number of nitrogens with one attached hydrogen (secondary N) is 2. The topological polar surface area (TPSA) is 71.8 Å². The van der Waals surface area contributed by atoms with Crippen LogP contribution in [0.2, 0.25) is 0 Å². The largest absolute Gasteiger partial charge is 0.355 e. The minimum atomic E-state index is 0.0202. The number of aromatic nitrogens is 3. The van der Waals surface area contributed by atoms with Crippen LogP contribution in [0.15, 0.2) is 6.33 Å². The van der Waals surface area contributed by atoms with E-state index in [-0.39, 0.29) is 5.91 Å². The molecule has 0 unspecified atom stereocenters. The zero-order valence-electron chi connectivity index (χ0n) is 11.4. The Morgan fingerprint density at radius 1 is 1.50 bits per heavy atom. The smallest absolute Gasteiger partial charge is 0.233 e. The van der Waals surface area contributed by atoms with E-state index in [1.54, 1.807) is 6.33 Å². The lowest BCUT2D eigenvalue weighted by Crippen LogP contribution is -2.34. The van der Waals surface area contributed by atoms with Gasteiger partial charge in [0, 0.05) is 13.1 Å². The molecule has 1 aromatic rings. The molecule has 0 atom stereocenters. The lowest BCUT2D eigenvalue weighted by Gasteiger charge is -2.09. The van der Waals surface area contributed by atoms with Crippen LogP contribution in [0, 0.1) is 5.92 Å². The summed E-state index contributed by atoms with van der Waals surface area (Å²) in [5.74, 6) is 1.41. The van der Waals surface area contributed by atoms with Crippen LogP contribution in [0.5, 0.6) is 0 Å². The number of rotatable bonds is 8. The van der Waals surface area contributed by atoms with E-state index in [0.717, 1.165) is 25.3 Å². The van der Waals surface area contributed by atoms with E-state index < -0.39 is 0 Å². The third kappa shape index (κ3) is 5.27.